The molecule has 3 heteroatoms. The van der Waals surface area contributed by atoms with E-state index in [0.717, 1.165) is 19.4 Å². The third-order valence-electron chi connectivity index (χ3n) is 2.22. The minimum Gasteiger partial charge on any atom is -0.320 e. The minimum atomic E-state index is -0.607. The summed E-state index contributed by atoms with van der Waals surface area (Å²) >= 11 is 0. The summed E-state index contributed by atoms with van der Waals surface area (Å²) in [5.74, 6) is 0. The van der Waals surface area contributed by atoms with Gasteiger partial charge >= 0.3 is 0 Å². The molecule has 0 heterocycles. The van der Waals surface area contributed by atoms with E-state index in [0.29, 0.717) is 0 Å². The Morgan fingerprint density at radius 1 is 1.21 bits per heavy atom. The molecule has 0 amide bonds. The second-order valence-corrected chi connectivity index (χ2v) is 3.75. The molecule has 0 spiro atoms. The van der Waals surface area contributed by atoms with Gasteiger partial charge in [-0.05, 0) is 25.6 Å². The van der Waals surface area contributed by atoms with Crippen LogP contribution < -0.4 is 16.8 Å². The van der Waals surface area contributed by atoms with Crippen molar-refractivity contribution < 1.29 is 0 Å². The predicted octanol–water partition coefficient (Wildman–Crippen LogP) is 0.452. The van der Waals surface area contributed by atoms with Crippen molar-refractivity contribution in [2.75, 3.05) is 13.6 Å². The highest BCUT2D eigenvalue weighted by Gasteiger charge is 2.18. The second kappa shape index (κ2) is 5.10. The van der Waals surface area contributed by atoms with Gasteiger partial charge in [0.15, 0.2) is 0 Å². The quantitative estimate of drug-likeness (QED) is 0.595. The monoisotopic (exact) mass is 193 g/mol. The lowest BCUT2D eigenvalue weighted by atomic mass is 9.98. The van der Waals surface area contributed by atoms with Crippen LogP contribution >= 0.6 is 0 Å². The molecular weight excluding hydrogens is 174 g/mol. The zero-order chi connectivity index (χ0) is 10.4. The topological polar surface area (TPSA) is 64.1 Å². The molecule has 0 unspecified atom stereocenters. The van der Waals surface area contributed by atoms with Crippen molar-refractivity contribution in [2.45, 2.75) is 18.5 Å². The van der Waals surface area contributed by atoms with Crippen molar-refractivity contribution in [3.05, 3.63) is 35.9 Å². The van der Waals surface area contributed by atoms with E-state index >= 15 is 0 Å². The van der Waals surface area contributed by atoms with Crippen LogP contribution in [0.3, 0.4) is 0 Å². The summed E-state index contributed by atoms with van der Waals surface area (Å²) in [6.45, 7) is 0.847. The predicted molar refractivity (Wildman–Crippen MR) is 59.8 cm³/mol. The van der Waals surface area contributed by atoms with Crippen LogP contribution in [-0.2, 0) is 6.42 Å². The summed E-state index contributed by atoms with van der Waals surface area (Å²) in [6.07, 6.45) is 1.49. The highest BCUT2D eigenvalue weighted by atomic mass is 15.0. The van der Waals surface area contributed by atoms with E-state index in [1.807, 2.05) is 37.4 Å². The Kier molecular flexibility index (Phi) is 4.07. The Morgan fingerprint density at radius 2 is 1.86 bits per heavy atom. The van der Waals surface area contributed by atoms with Gasteiger partial charge < -0.3 is 16.8 Å². The molecule has 3 nitrogen and oxygen atoms in total. The molecule has 0 fully saturated rings. The molecule has 1 aromatic carbocycles. The number of nitrogens with one attached hydrogen (secondary N) is 1. The minimum absolute atomic E-state index is 0.607. The molecule has 5 N–H and O–H groups in total. The maximum atomic E-state index is 5.97. The van der Waals surface area contributed by atoms with Crippen LogP contribution in [0.1, 0.15) is 12.0 Å². The van der Waals surface area contributed by atoms with Gasteiger partial charge in [0.05, 0.1) is 5.66 Å². The zero-order valence-electron chi connectivity index (χ0n) is 8.66. The van der Waals surface area contributed by atoms with Crippen LogP contribution in [0.25, 0.3) is 0 Å². The first-order valence-electron chi connectivity index (χ1n) is 4.90. The average Bonchev–Trinajstić information content (AvgIpc) is 2.16. The van der Waals surface area contributed by atoms with Crippen LogP contribution in [-0.4, -0.2) is 19.3 Å². The van der Waals surface area contributed by atoms with Gasteiger partial charge in [-0.2, -0.15) is 0 Å². The summed E-state index contributed by atoms with van der Waals surface area (Å²) in [7, 11) is 1.90. The molecule has 0 bridgehead atoms. The molecule has 1 aromatic rings. The molecule has 0 atom stereocenters. The molecular formula is C11H19N3. The molecule has 14 heavy (non-hydrogen) atoms. The van der Waals surface area contributed by atoms with Gasteiger partial charge in [0.25, 0.3) is 0 Å². The number of hydrogen-bond donors (Lipinski definition) is 3. The van der Waals surface area contributed by atoms with Gasteiger partial charge in [0, 0.05) is 6.42 Å². The first-order valence-corrected chi connectivity index (χ1v) is 4.90. The van der Waals surface area contributed by atoms with E-state index in [1.54, 1.807) is 0 Å². The lowest BCUT2D eigenvalue weighted by Crippen LogP contribution is -2.52. The lowest BCUT2D eigenvalue weighted by Gasteiger charge is -2.24. The molecule has 0 aliphatic rings. The molecule has 0 aromatic heterocycles. The third-order valence-corrected chi connectivity index (χ3v) is 2.22. The van der Waals surface area contributed by atoms with Crippen LogP contribution in [0.2, 0.25) is 0 Å². The van der Waals surface area contributed by atoms with Crippen LogP contribution in [0.5, 0.6) is 0 Å². The van der Waals surface area contributed by atoms with Crippen LogP contribution in [0.15, 0.2) is 30.3 Å². The normalized spacial score (nSPS) is 11.6. The molecule has 78 valence electrons. The maximum absolute atomic E-state index is 5.97. The summed E-state index contributed by atoms with van der Waals surface area (Å²) in [4.78, 5) is 0. The van der Waals surface area contributed by atoms with Crippen molar-refractivity contribution in [1.29, 1.82) is 0 Å². The first kappa shape index (κ1) is 11.2. The van der Waals surface area contributed by atoms with E-state index in [1.165, 1.54) is 5.56 Å². The third kappa shape index (κ3) is 3.87. The Bertz CT molecular complexity index is 256. The van der Waals surface area contributed by atoms with Gasteiger partial charge in [-0.25, -0.2) is 0 Å². The van der Waals surface area contributed by atoms with E-state index in [9.17, 15) is 0 Å². The molecule has 0 aliphatic heterocycles. The summed E-state index contributed by atoms with van der Waals surface area (Å²) in [5, 5.41) is 3.05. The zero-order valence-corrected chi connectivity index (χ0v) is 8.66. The standard InChI is InChI=1S/C11H19N3/c1-14-8-7-11(12,13)9-10-5-3-2-4-6-10/h2-6,14H,7-9,12-13H2,1H3. The van der Waals surface area contributed by atoms with E-state index in [-0.39, 0.29) is 0 Å². The van der Waals surface area contributed by atoms with Crippen molar-refractivity contribution >= 4 is 0 Å². The highest BCUT2D eigenvalue weighted by molar-refractivity contribution is 5.17. The molecule has 0 radical (unpaired) electrons. The fraction of sp³-hybridized carbons (Fsp3) is 0.455. The molecule has 0 aliphatic carbocycles. The van der Waals surface area contributed by atoms with Gasteiger partial charge in [0.2, 0.25) is 0 Å². The van der Waals surface area contributed by atoms with E-state index in [2.05, 4.69) is 5.32 Å². The highest BCUT2D eigenvalue weighted by Crippen LogP contribution is 2.08. The first-order chi connectivity index (χ1) is 6.64. The van der Waals surface area contributed by atoms with Crippen molar-refractivity contribution in [3.8, 4) is 0 Å². The number of rotatable bonds is 5. The Balaban J connectivity index is 2.50. The largest absolute Gasteiger partial charge is 0.320 e. The Morgan fingerprint density at radius 3 is 2.43 bits per heavy atom. The van der Waals surface area contributed by atoms with Gasteiger partial charge in [0.1, 0.15) is 0 Å². The van der Waals surface area contributed by atoms with Crippen molar-refractivity contribution in [1.82, 2.24) is 5.32 Å². The van der Waals surface area contributed by atoms with Crippen molar-refractivity contribution in [2.24, 2.45) is 11.5 Å². The van der Waals surface area contributed by atoms with E-state index < -0.39 is 5.66 Å². The number of hydrogen-bond acceptors (Lipinski definition) is 3. The smallest absolute Gasteiger partial charge is 0.0690 e. The van der Waals surface area contributed by atoms with Gasteiger partial charge in [-0.15, -0.1) is 0 Å². The van der Waals surface area contributed by atoms with Crippen LogP contribution in [0.4, 0.5) is 0 Å². The number of benzene rings is 1. The molecule has 1 rings (SSSR count). The van der Waals surface area contributed by atoms with Crippen molar-refractivity contribution in [3.63, 3.8) is 0 Å². The summed E-state index contributed by atoms with van der Waals surface area (Å²) in [5.41, 5.74) is 12.5. The fourth-order valence-electron chi connectivity index (χ4n) is 1.42. The summed E-state index contributed by atoms with van der Waals surface area (Å²) < 4.78 is 0. The van der Waals surface area contributed by atoms with Gasteiger partial charge in [-0.3, -0.25) is 0 Å². The number of nitrogens with two attached hydrogens (primary N) is 2. The molecule has 0 saturated carbocycles. The van der Waals surface area contributed by atoms with Gasteiger partial charge in [-0.1, -0.05) is 30.3 Å². The Hall–Kier alpha value is -0.900. The lowest BCUT2D eigenvalue weighted by molar-refractivity contribution is 0.400. The summed E-state index contributed by atoms with van der Waals surface area (Å²) in [6, 6.07) is 10.1. The van der Waals surface area contributed by atoms with Crippen LogP contribution in [0, 0.1) is 0 Å². The molecule has 0 saturated heterocycles. The maximum Gasteiger partial charge on any atom is 0.0690 e. The second-order valence-electron chi connectivity index (χ2n) is 3.75. The van der Waals surface area contributed by atoms with E-state index in [4.69, 9.17) is 11.5 Å². The average molecular weight is 193 g/mol. The SMILES string of the molecule is CNCCC(N)(N)Cc1ccccc1. The fourth-order valence-corrected chi connectivity index (χ4v) is 1.42. The Labute approximate surface area is 85.5 Å².